The number of nitrogens with zero attached hydrogens (tertiary/aromatic N) is 1. The van der Waals surface area contributed by atoms with Crippen molar-refractivity contribution in [3.8, 4) is 0 Å². The molecule has 1 rings (SSSR count). The molecule has 0 aliphatic carbocycles. The lowest BCUT2D eigenvalue weighted by molar-refractivity contribution is -0.137. The first-order valence-electron chi connectivity index (χ1n) is 4.09. The molecule has 0 aliphatic heterocycles. The number of carboxylic acid groups (broad SMARTS) is 1. The maximum absolute atomic E-state index is 10.7. The van der Waals surface area contributed by atoms with Crippen LogP contribution >= 0.6 is 24.0 Å². The zero-order chi connectivity index (χ0) is 10.7. The number of anilines is 1. The summed E-state index contributed by atoms with van der Waals surface area (Å²) >= 11 is 5.41. The van der Waals surface area contributed by atoms with E-state index in [1.54, 1.807) is 0 Å². The zero-order valence-electron chi connectivity index (χ0n) is 7.94. The molecule has 4 nitrogen and oxygen atoms in total. The number of carboxylic acids is 1. The number of aromatic nitrogens is 1. The van der Waals surface area contributed by atoms with Crippen LogP contribution < -0.4 is 5.32 Å². The molecule has 6 heteroatoms. The molecule has 0 saturated carbocycles. The Morgan fingerprint density at radius 1 is 1.71 bits per heavy atom. The van der Waals surface area contributed by atoms with Crippen molar-refractivity contribution in [2.45, 2.75) is 19.9 Å². The molecular formula is C8H12N2O2S2. The highest BCUT2D eigenvalue weighted by molar-refractivity contribution is 7.80. The second-order valence-corrected chi connectivity index (χ2v) is 4.45. The highest BCUT2D eigenvalue weighted by Gasteiger charge is 2.16. The van der Waals surface area contributed by atoms with E-state index in [0.717, 1.165) is 10.6 Å². The average Bonchev–Trinajstić information content (AvgIpc) is 2.41. The Kier molecular flexibility index (Phi) is 3.77. The summed E-state index contributed by atoms with van der Waals surface area (Å²) in [7, 11) is 0. The van der Waals surface area contributed by atoms with Crippen LogP contribution in [0.3, 0.4) is 0 Å². The summed E-state index contributed by atoms with van der Waals surface area (Å²) in [6.07, 6.45) is 0. The largest absolute Gasteiger partial charge is 0.480 e. The van der Waals surface area contributed by atoms with Gasteiger partial charge in [-0.05, 0) is 13.8 Å². The minimum atomic E-state index is -0.912. The lowest BCUT2D eigenvalue weighted by Crippen LogP contribution is -2.30. The topological polar surface area (TPSA) is 62.2 Å². The maximum Gasteiger partial charge on any atom is 0.327 e. The van der Waals surface area contributed by atoms with Crippen molar-refractivity contribution in [2.24, 2.45) is 0 Å². The van der Waals surface area contributed by atoms with E-state index in [0.29, 0.717) is 5.13 Å². The third kappa shape index (κ3) is 2.62. The normalized spacial score (nSPS) is 12.5. The summed E-state index contributed by atoms with van der Waals surface area (Å²) in [6.45, 7) is 3.85. The van der Waals surface area contributed by atoms with Crippen LogP contribution in [-0.4, -0.2) is 27.9 Å². The van der Waals surface area contributed by atoms with Gasteiger partial charge in [0.05, 0.1) is 5.69 Å². The summed E-state index contributed by atoms with van der Waals surface area (Å²) in [5.74, 6) is -0.669. The molecule has 1 aromatic heterocycles. The minimum absolute atomic E-state index is 0.243. The third-order valence-electron chi connectivity index (χ3n) is 1.81. The lowest BCUT2D eigenvalue weighted by Gasteiger charge is -2.09. The second-order valence-electron chi connectivity index (χ2n) is 2.88. The van der Waals surface area contributed by atoms with Crippen LogP contribution in [-0.2, 0) is 4.79 Å². The molecule has 2 N–H and O–H groups in total. The van der Waals surface area contributed by atoms with E-state index in [9.17, 15) is 4.79 Å². The fourth-order valence-electron chi connectivity index (χ4n) is 0.869. The van der Waals surface area contributed by atoms with Gasteiger partial charge >= 0.3 is 5.97 Å². The van der Waals surface area contributed by atoms with Crippen LogP contribution in [0.25, 0.3) is 0 Å². The number of hydrogen-bond donors (Lipinski definition) is 3. The molecule has 0 aliphatic rings. The van der Waals surface area contributed by atoms with Gasteiger partial charge < -0.3 is 10.4 Å². The lowest BCUT2D eigenvalue weighted by atomic mass is 10.3. The Morgan fingerprint density at radius 3 is 2.71 bits per heavy atom. The Balaban J connectivity index is 2.72. The van der Waals surface area contributed by atoms with Gasteiger partial charge in [0.15, 0.2) is 5.13 Å². The predicted molar refractivity (Wildman–Crippen MR) is 60.5 cm³/mol. The Labute approximate surface area is 91.8 Å². The quantitative estimate of drug-likeness (QED) is 0.689. The molecule has 1 aromatic rings. The molecule has 0 saturated heterocycles. The molecule has 14 heavy (non-hydrogen) atoms. The van der Waals surface area contributed by atoms with Gasteiger partial charge in [-0.3, -0.25) is 0 Å². The van der Waals surface area contributed by atoms with Crippen LogP contribution in [0.5, 0.6) is 0 Å². The van der Waals surface area contributed by atoms with Gasteiger partial charge in [0.2, 0.25) is 0 Å². The number of rotatable bonds is 4. The van der Waals surface area contributed by atoms with Gasteiger partial charge in [-0.25, -0.2) is 9.78 Å². The highest BCUT2D eigenvalue weighted by Crippen LogP contribution is 2.21. The van der Waals surface area contributed by atoms with E-state index in [-0.39, 0.29) is 5.75 Å². The van der Waals surface area contributed by atoms with Crippen LogP contribution in [0.2, 0.25) is 0 Å². The molecule has 0 bridgehead atoms. The van der Waals surface area contributed by atoms with Gasteiger partial charge in [0.1, 0.15) is 6.04 Å². The maximum atomic E-state index is 10.7. The van der Waals surface area contributed by atoms with Gasteiger partial charge in [-0.2, -0.15) is 12.6 Å². The van der Waals surface area contributed by atoms with Crippen molar-refractivity contribution < 1.29 is 9.90 Å². The number of carbonyl (C=O) groups is 1. The monoisotopic (exact) mass is 232 g/mol. The molecular weight excluding hydrogens is 220 g/mol. The van der Waals surface area contributed by atoms with Gasteiger partial charge in [0.25, 0.3) is 0 Å². The standard InChI is InChI=1S/C8H12N2O2S2/c1-4-5(2)14-8(9-4)10-6(3-13)7(11)12/h6,13H,3H2,1-2H3,(H,9,10)(H,11,12). The van der Waals surface area contributed by atoms with Crippen molar-refractivity contribution in [3.05, 3.63) is 10.6 Å². The SMILES string of the molecule is Cc1nc(NC(CS)C(=O)O)sc1C. The Morgan fingerprint density at radius 2 is 2.36 bits per heavy atom. The molecule has 0 radical (unpaired) electrons. The molecule has 1 heterocycles. The zero-order valence-corrected chi connectivity index (χ0v) is 9.65. The Bertz CT molecular complexity index is 319. The Hall–Kier alpha value is -0.750. The van der Waals surface area contributed by atoms with Crippen molar-refractivity contribution in [3.63, 3.8) is 0 Å². The average molecular weight is 232 g/mol. The first kappa shape index (κ1) is 11.3. The van der Waals surface area contributed by atoms with E-state index in [2.05, 4.69) is 22.9 Å². The van der Waals surface area contributed by atoms with Crippen LogP contribution in [0.15, 0.2) is 0 Å². The van der Waals surface area contributed by atoms with E-state index >= 15 is 0 Å². The molecule has 78 valence electrons. The molecule has 0 fully saturated rings. The number of nitrogens with one attached hydrogen (secondary N) is 1. The van der Waals surface area contributed by atoms with Crippen LogP contribution in [0, 0.1) is 13.8 Å². The first-order chi connectivity index (χ1) is 6.54. The fourth-order valence-corrected chi connectivity index (χ4v) is 1.98. The first-order valence-corrected chi connectivity index (χ1v) is 5.53. The van der Waals surface area contributed by atoms with Gasteiger partial charge in [-0.15, -0.1) is 11.3 Å². The summed E-state index contributed by atoms with van der Waals surface area (Å²) in [6, 6.07) is -0.678. The van der Waals surface area contributed by atoms with E-state index < -0.39 is 12.0 Å². The number of aryl methyl sites for hydroxylation is 2. The summed E-state index contributed by atoms with van der Waals surface area (Å²) < 4.78 is 0. The molecule has 1 unspecified atom stereocenters. The van der Waals surface area contributed by atoms with Crippen molar-refractivity contribution in [2.75, 3.05) is 11.1 Å². The van der Waals surface area contributed by atoms with E-state index in [1.807, 2.05) is 13.8 Å². The van der Waals surface area contributed by atoms with Crippen LogP contribution in [0.4, 0.5) is 5.13 Å². The van der Waals surface area contributed by atoms with Crippen molar-refractivity contribution in [1.29, 1.82) is 0 Å². The predicted octanol–water partition coefficient (Wildman–Crippen LogP) is 1.55. The second kappa shape index (κ2) is 4.65. The van der Waals surface area contributed by atoms with Crippen molar-refractivity contribution >= 4 is 35.1 Å². The number of thiol groups is 1. The summed E-state index contributed by atoms with van der Waals surface area (Å²) in [5.41, 5.74) is 0.931. The number of aliphatic carboxylic acids is 1. The van der Waals surface area contributed by atoms with Gasteiger partial charge in [-0.1, -0.05) is 0 Å². The fraction of sp³-hybridized carbons (Fsp3) is 0.500. The van der Waals surface area contributed by atoms with E-state index in [4.69, 9.17) is 5.11 Å². The van der Waals surface area contributed by atoms with Crippen LogP contribution in [0.1, 0.15) is 10.6 Å². The molecule has 0 aromatic carbocycles. The minimum Gasteiger partial charge on any atom is -0.480 e. The molecule has 0 spiro atoms. The summed E-state index contributed by atoms with van der Waals surface area (Å²) in [5, 5.41) is 12.2. The third-order valence-corrected chi connectivity index (χ3v) is 3.18. The molecule has 1 atom stereocenters. The molecule has 0 amide bonds. The van der Waals surface area contributed by atoms with Crippen molar-refractivity contribution in [1.82, 2.24) is 4.98 Å². The van der Waals surface area contributed by atoms with Gasteiger partial charge in [0, 0.05) is 10.6 Å². The summed E-state index contributed by atoms with van der Waals surface area (Å²) in [4.78, 5) is 16.0. The van der Waals surface area contributed by atoms with E-state index in [1.165, 1.54) is 11.3 Å². The smallest absolute Gasteiger partial charge is 0.327 e. The highest BCUT2D eigenvalue weighted by atomic mass is 32.1. The number of hydrogen-bond acceptors (Lipinski definition) is 5. The number of thiazole rings is 1.